The molecule has 126 valence electrons. The summed E-state index contributed by atoms with van der Waals surface area (Å²) in [5, 5.41) is 2.83. The summed E-state index contributed by atoms with van der Waals surface area (Å²) in [6.07, 6.45) is 2.13. The minimum atomic E-state index is -0.258. The number of benzene rings is 1. The van der Waals surface area contributed by atoms with Crippen LogP contribution in [0.2, 0.25) is 0 Å². The highest BCUT2D eigenvalue weighted by Gasteiger charge is 2.21. The van der Waals surface area contributed by atoms with Crippen LogP contribution in [-0.4, -0.2) is 35.8 Å². The molecule has 3 N–H and O–H groups in total. The van der Waals surface area contributed by atoms with Crippen LogP contribution in [0.1, 0.15) is 44.0 Å². The molecule has 2 rings (SSSR count). The molecule has 2 amide bonds. The topological polar surface area (TPSA) is 75.4 Å². The normalized spacial score (nSPS) is 18.3. The molecule has 1 aliphatic rings. The van der Waals surface area contributed by atoms with Crippen LogP contribution >= 0.6 is 0 Å². The van der Waals surface area contributed by atoms with Gasteiger partial charge in [0.15, 0.2) is 0 Å². The lowest BCUT2D eigenvalue weighted by Crippen LogP contribution is -2.37. The molecule has 1 heterocycles. The first-order chi connectivity index (χ1) is 10.9. The summed E-state index contributed by atoms with van der Waals surface area (Å²) < 4.78 is 0. The van der Waals surface area contributed by atoms with Crippen LogP contribution in [0.25, 0.3) is 0 Å². The van der Waals surface area contributed by atoms with E-state index in [9.17, 15) is 9.59 Å². The van der Waals surface area contributed by atoms with Gasteiger partial charge in [0.05, 0.1) is 5.92 Å². The largest absolute Gasteiger partial charge is 0.339 e. The molecule has 0 saturated carbocycles. The smallest absolute Gasteiger partial charge is 0.253 e. The van der Waals surface area contributed by atoms with Crippen LogP contribution in [0.4, 0.5) is 5.69 Å². The molecule has 23 heavy (non-hydrogen) atoms. The van der Waals surface area contributed by atoms with E-state index in [4.69, 9.17) is 5.73 Å². The van der Waals surface area contributed by atoms with E-state index in [1.807, 2.05) is 11.8 Å². The zero-order valence-electron chi connectivity index (χ0n) is 14.2. The first-order valence-corrected chi connectivity index (χ1v) is 8.34. The predicted molar refractivity (Wildman–Crippen MR) is 92.2 cm³/mol. The fourth-order valence-corrected chi connectivity index (χ4v) is 2.59. The van der Waals surface area contributed by atoms with Crippen molar-refractivity contribution in [3.05, 3.63) is 29.8 Å². The minimum Gasteiger partial charge on any atom is -0.339 e. The van der Waals surface area contributed by atoms with Crippen LogP contribution < -0.4 is 11.1 Å². The number of hydrogen-bond acceptors (Lipinski definition) is 3. The lowest BCUT2D eigenvalue weighted by atomic mass is 9.98. The number of nitrogens with one attached hydrogen (secondary N) is 1. The maximum absolute atomic E-state index is 12.5. The minimum absolute atomic E-state index is 0.0683. The van der Waals surface area contributed by atoms with E-state index in [0.717, 1.165) is 25.9 Å². The molecule has 1 saturated heterocycles. The van der Waals surface area contributed by atoms with Gasteiger partial charge >= 0.3 is 0 Å². The molecule has 0 radical (unpaired) electrons. The molecule has 5 nitrogen and oxygen atoms in total. The fourth-order valence-electron chi connectivity index (χ4n) is 2.59. The zero-order chi connectivity index (χ0) is 17.0. The summed E-state index contributed by atoms with van der Waals surface area (Å²) in [5.41, 5.74) is 7.09. The number of nitrogens with two attached hydrogens (primary N) is 1. The number of amides is 2. The van der Waals surface area contributed by atoms with Gasteiger partial charge in [0, 0.05) is 30.4 Å². The Kier molecular flexibility index (Phi) is 5.77. The molecule has 1 aromatic carbocycles. The summed E-state index contributed by atoms with van der Waals surface area (Å²) in [6.45, 7) is 7.48. The molecule has 0 bridgehead atoms. The number of hydrogen-bond donors (Lipinski definition) is 2. The third-order valence-electron chi connectivity index (χ3n) is 4.67. The Labute approximate surface area is 138 Å². The van der Waals surface area contributed by atoms with E-state index in [-0.39, 0.29) is 23.8 Å². The Balaban J connectivity index is 1.96. The maximum Gasteiger partial charge on any atom is 0.253 e. The summed E-state index contributed by atoms with van der Waals surface area (Å²) >= 11 is 0. The van der Waals surface area contributed by atoms with E-state index in [1.54, 1.807) is 31.2 Å². The van der Waals surface area contributed by atoms with Gasteiger partial charge in [-0.15, -0.1) is 0 Å². The molecule has 2 unspecified atom stereocenters. The van der Waals surface area contributed by atoms with Gasteiger partial charge in [0.2, 0.25) is 5.91 Å². The molecule has 0 aromatic heterocycles. The molecule has 5 heteroatoms. The van der Waals surface area contributed by atoms with Crippen molar-refractivity contribution in [2.24, 2.45) is 17.6 Å². The van der Waals surface area contributed by atoms with Gasteiger partial charge in [0.1, 0.15) is 0 Å². The number of rotatable bonds is 4. The van der Waals surface area contributed by atoms with Crippen molar-refractivity contribution in [1.82, 2.24) is 4.90 Å². The SMILES string of the molecule is CC1CCN(C(=O)c2ccc(NC(=O)C(C)C(C)N)cc2)CC1. The van der Waals surface area contributed by atoms with Crippen molar-refractivity contribution in [2.75, 3.05) is 18.4 Å². The lowest BCUT2D eigenvalue weighted by molar-refractivity contribution is -0.119. The highest BCUT2D eigenvalue weighted by atomic mass is 16.2. The Morgan fingerprint density at radius 3 is 2.26 bits per heavy atom. The Morgan fingerprint density at radius 1 is 1.17 bits per heavy atom. The van der Waals surface area contributed by atoms with Crippen molar-refractivity contribution in [2.45, 2.75) is 39.7 Å². The second-order valence-corrected chi connectivity index (χ2v) is 6.69. The van der Waals surface area contributed by atoms with E-state index in [2.05, 4.69) is 12.2 Å². The number of nitrogens with zero attached hydrogens (tertiary/aromatic N) is 1. The van der Waals surface area contributed by atoms with Gasteiger partial charge < -0.3 is 16.0 Å². The average molecular weight is 317 g/mol. The number of anilines is 1. The molecule has 1 fully saturated rings. The third kappa shape index (κ3) is 4.55. The lowest BCUT2D eigenvalue weighted by Gasteiger charge is -2.30. The highest BCUT2D eigenvalue weighted by molar-refractivity contribution is 5.96. The van der Waals surface area contributed by atoms with Gasteiger partial charge in [-0.3, -0.25) is 9.59 Å². The van der Waals surface area contributed by atoms with Gasteiger partial charge in [-0.05, 0) is 49.9 Å². The second kappa shape index (κ2) is 7.59. The Bertz CT molecular complexity index is 546. The van der Waals surface area contributed by atoms with Crippen LogP contribution in [0, 0.1) is 11.8 Å². The van der Waals surface area contributed by atoms with Crippen LogP contribution in [-0.2, 0) is 4.79 Å². The molecule has 1 aromatic rings. The first kappa shape index (κ1) is 17.5. The van der Waals surface area contributed by atoms with Gasteiger partial charge in [-0.2, -0.15) is 0 Å². The third-order valence-corrected chi connectivity index (χ3v) is 4.67. The number of piperidine rings is 1. The van der Waals surface area contributed by atoms with E-state index in [0.29, 0.717) is 17.2 Å². The van der Waals surface area contributed by atoms with E-state index >= 15 is 0 Å². The fraction of sp³-hybridized carbons (Fsp3) is 0.556. The molecular formula is C18H27N3O2. The van der Waals surface area contributed by atoms with Crippen molar-refractivity contribution in [1.29, 1.82) is 0 Å². The van der Waals surface area contributed by atoms with E-state index in [1.165, 1.54) is 0 Å². The van der Waals surface area contributed by atoms with Crippen molar-refractivity contribution in [3.63, 3.8) is 0 Å². The summed E-state index contributed by atoms with van der Waals surface area (Å²) in [7, 11) is 0. The van der Waals surface area contributed by atoms with Gasteiger partial charge in [0.25, 0.3) is 5.91 Å². The number of likely N-dealkylation sites (tertiary alicyclic amines) is 1. The highest BCUT2D eigenvalue weighted by Crippen LogP contribution is 2.19. The van der Waals surface area contributed by atoms with Crippen molar-refractivity contribution >= 4 is 17.5 Å². The zero-order valence-corrected chi connectivity index (χ0v) is 14.2. The van der Waals surface area contributed by atoms with Gasteiger partial charge in [-0.1, -0.05) is 13.8 Å². The second-order valence-electron chi connectivity index (χ2n) is 6.69. The Hall–Kier alpha value is -1.88. The molecule has 2 atom stereocenters. The number of carbonyl (C=O) groups is 2. The number of carbonyl (C=O) groups excluding carboxylic acids is 2. The van der Waals surface area contributed by atoms with Gasteiger partial charge in [-0.25, -0.2) is 0 Å². The average Bonchev–Trinajstić information content (AvgIpc) is 2.54. The van der Waals surface area contributed by atoms with Crippen molar-refractivity contribution in [3.8, 4) is 0 Å². The van der Waals surface area contributed by atoms with Crippen LogP contribution in [0.15, 0.2) is 24.3 Å². The van der Waals surface area contributed by atoms with E-state index < -0.39 is 0 Å². The molecule has 0 spiro atoms. The standard InChI is InChI=1S/C18H27N3O2/c1-12-8-10-21(11-9-12)18(23)15-4-6-16(7-5-15)20-17(22)13(2)14(3)19/h4-7,12-14H,8-11,19H2,1-3H3,(H,20,22). The molecule has 0 aliphatic carbocycles. The van der Waals surface area contributed by atoms with Crippen LogP contribution in [0.3, 0.4) is 0 Å². The summed E-state index contributed by atoms with van der Waals surface area (Å²) in [5.74, 6) is 0.401. The summed E-state index contributed by atoms with van der Waals surface area (Å²) in [4.78, 5) is 26.4. The maximum atomic E-state index is 12.5. The molecule has 1 aliphatic heterocycles. The summed E-state index contributed by atoms with van der Waals surface area (Å²) in [6, 6.07) is 6.88. The van der Waals surface area contributed by atoms with Crippen molar-refractivity contribution < 1.29 is 9.59 Å². The monoisotopic (exact) mass is 317 g/mol. The quantitative estimate of drug-likeness (QED) is 0.896. The van der Waals surface area contributed by atoms with Crippen LogP contribution in [0.5, 0.6) is 0 Å². The molecular weight excluding hydrogens is 290 g/mol. The Morgan fingerprint density at radius 2 is 1.74 bits per heavy atom. The first-order valence-electron chi connectivity index (χ1n) is 8.34. The predicted octanol–water partition coefficient (Wildman–Crippen LogP) is 2.48.